The van der Waals surface area contributed by atoms with Crippen LogP contribution >= 0.6 is 12.4 Å². The number of ketones is 1. The van der Waals surface area contributed by atoms with E-state index >= 15 is 0 Å². The molecule has 0 aromatic heterocycles. The molecule has 0 spiro atoms. The third-order valence-corrected chi connectivity index (χ3v) is 5.61. The lowest BCUT2D eigenvalue weighted by Gasteiger charge is -2.18. The summed E-state index contributed by atoms with van der Waals surface area (Å²) in [6.07, 6.45) is 6.23. The fraction of sp³-hybridized carbons (Fsp3) is 0.375. The lowest BCUT2D eigenvalue weighted by Crippen LogP contribution is -2.25. The number of ether oxygens (including phenoxy) is 2. The number of hydrogen-bond donors (Lipinski definition) is 0. The fourth-order valence-electron chi connectivity index (χ4n) is 3.98. The normalized spacial score (nSPS) is 17.7. The number of allylic oxidation sites excluding steroid dienone is 1. The number of benzene rings is 2. The quantitative estimate of drug-likeness (QED) is 0.637. The summed E-state index contributed by atoms with van der Waals surface area (Å²) in [6, 6.07) is 13.7. The fourth-order valence-corrected chi connectivity index (χ4v) is 3.98. The molecule has 1 saturated heterocycles. The van der Waals surface area contributed by atoms with Gasteiger partial charge in [0.05, 0.1) is 7.11 Å². The third-order valence-electron chi connectivity index (χ3n) is 5.61. The highest BCUT2D eigenvalue weighted by Crippen LogP contribution is 2.29. The first-order valence-electron chi connectivity index (χ1n) is 10.1. The number of Topliss-reactive ketones (excluding diaryl/α,β-unsaturated/α-hetero) is 1. The van der Waals surface area contributed by atoms with Gasteiger partial charge in [0, 0.05) is 17.7 Å². The van der Waals surface area contributed by atoms with Crippen molar-refractivity contribution in [3.05, 3.63) is 64.7 Å². The van der Waals surface area contributed by atoms with E-state index in [1.165, 1.54) is 25.9 Å². The number of hydrogen-bond acceptors (Lipinski definition) is 4. The lowest BCUT2D eigenvalue weighted by atomic mass is 9.86. The van der Waals surface area contributed by atoms with Gasteiger partial charge in [-0.2, -0.15) is 0 Å². The maximum atomic E-state index is 12.8. The van der Waals surface area contributed by atoms with Gasteiger partial charge in [0.15, 0.2) is 5.78 Å². The van der Waals surface area contributed by atoms with Crippen molar-refractivity contribution < 1.29 is 14.3 Å². The molecule has 0 saturated carbocycles. The standard InChI is InChI=1S/C24H27NO3.ClH/c1-27-22-10-11-23-19(17-22)6-7-20(24(23)26)16-18-4-8-21(9-5-18)28-15-14-25-12-2-3-13-25;/h4-5,8-11,16-17H,2-3,6-7,12-15H2,1H3;1H/b20-16+;. The first-order chi connectivity index (χ1) is 13.7. The van der Waals surface area contributed by atoms with E-state index in [9.17, 15) is 4.79 Å². The van der Waals surface area contributed by atoms with Crippen molar-refractivity contribution in [2.75, 3.05) is 33.4 Å². The first kappa shape index (κ1) is 21.4. The Labute approximate surface area is 178 Å². The molecule has 4 rings (SSSR count). The van der Waals surface area contributed by atoms with E-state index in [4.69, 9.17) is 9.47 Å². The molecular formula is C24H28ClNO3. The van der Waals surface area contributed by atoms with E-state index in [1.54, 1.807) is 7.11 Å². The van der Waals surface area contributed by atoms with Crippen LogP contribution in [0.2, 0.25) is 0 Å². The number of methoxy groups -OCH3 is 1. The van der Waals surface area contributed by atoms with Crippen molar-refractivity contribution in [1.29, 1.82) is 0 Å². The number of aryl methyl sites for hydroxylation is 1. The molecule has 0 bridgehead atoms. The maximum absolute atomic E-state index is 12.8. The zero-order chi connectivity index (χ0) is 19.3. The molecule has 1 fully saturated rings. The number of halogens is 1. The van der Waals surface area contributed by atoms with Gasteiger partial charge in [-0.1, -0.05) is 12.1 Å². The van der Waals surface area contributed by atoms with E-state index in [0.29, 0.717) is 0 Å². The Morgan fingerprint density at radius 2 is 1.72 bits per heavy atom. The second kappa shape index (κ2) is 9.95. The Morgan fingerprint density at radius 1 is 1.00 bits per heavy atom. The third kappa shape index (κ3) is 5.20. The topological polar surface area (TPSA) is 38.8 Å². The molecule has 0 atom stereocenters. The number of nitrogens with zero attached hydrogens (tertiary/aromatic N) is 1. The zero-order valence-electron chi connectivity index (χ0n) is 16.9. The Kier molecular flexibility index (Phi) is 7.34. The molecule has 29 heavy (non-hydrogen) atoms. The van der Waals surface area contributed by atoms with Crippen LogP contribution < -0.4 is 9.47 Å². The minimum Gasteiger partial charge on any atom is -0.497 e. The Hall–Kier alpha value is -2.30. The van der Waals surface area contributed by atoms with Gasteiger partial charge in [0.2, 0.25) is 0 Å². The van der Waals surface area contributed by atoms with Gasteiger partial charge in [0.25, 0.3) is 0 Å². The molecule has 2 aromatic carbocycles. The van der Waals surface area contributed by atoms with Crippen LogP contribution in [-0.2, 0) is 6.42 Å². The maximum Gasteiger partial charge on any atom is 0.189 e. The molecule has 1 heterocycles. The van der Waals surface area contributed by atoms with Gasteiger partial charge >= 0.3 is 0 Å². The summed E-state index contributed by atoms with van der Waals surface area (Å²) in [7, 11) is 1.65. The van der Waals surface area contributed by atoms with Crippen molar-refractivity contribution in [2.24, 2.45) is 0 Å². The van der Waals surface area contributed by atoms with Crippen LogP contribution in [0.3, 0.4) is 0 Å². The molecule has 154 valence electrons. The van der Waals surface area contributed by atoms with Gasteiger partial charge < -0.3 is 9.47 Å². The first-order valence-corrected chi connectivity index (χ1v) is 10.1. The zero-order valence-corrected chi connectivity index (χ0v) is 17.7. The molecule has 2 aliphatic rings. The minimum absolute atomic E-state index is 0. The number of rotatable bonds is 6. The highest BCUT2D eigenvalue weighted by molar-refractivity contribution is 6.13. The molecule has 0 radical (unpaired) electrons. The highest BCUT2D eigenvalue weighted by Gasteiger charge is 2.22. The molecule has 0 amide bonds. The average molecular weight is 414 g/mol. The molecule has 1 aliphatic carbocycles. The summed E-state index contributed by atoms with van der Waals surface area (Å²) < 4.78 is 11.1. The van der Waals surface area contributed by atoms with Crippen molar-refractivity contribution in [2.45, 2.75) is 25.7 Å². The van der Waals surface area contributed by atoms with Crippen molar-refractivity contribution in [3.63, 3.8) is 0 Å². The van der Waals surface area contributed by atoms with Crippen LogP contribution in [0.25, 0.3) is 6.08 Å². The van der Waals surface area contributed by atoms with E-state index < -0.39 is 0 Å². The molecular weight excluding hydrogens is 386 g/mol. The molecule has 2 aromatic rings. The monoisotopic (exact) mass is 413 g/mol. The van der Waals surface area contributed by atoms with Crippen LogP contribution in [0.4, 0.5) is 0 Å². The van der Waals surface area contributed by atoms with Gasteiger partial charge in [-0.15, -0.1) is 12.4 Å². The number of carbonyl (C=O) groups excluding carboxylic acids is 1. The van der Waals surface area contributed by atoms with Gasteiger partial charge in [-0.3, -0.25) is 9.69 Å². The predicted molar refractivity (Wildman–Crippen MR) is 118 cm³/mol. The second-order valence-corrected chi connectivity index (χ2v) is 7.49. The number of fused-ring (bicyclic) bond motifs is 1. The van der Waals surface area contributed by atoms with Crippen molar-refractivity contribution in [3.8, 4) is 11.5 Å². The second-order valence-electron chi connectivity index (χ2n) is 7.49. The molecule has 0 unspecified atom stereocenters. The summed E-state index contributed by atoms with van der Waals surface area (Å²) in [6.45, 7) is 4.10. The molecule has 1 aliphatic heterocycles. The molecule has 0 N–H and O–H groups in total. The van der Waals surface area contributed by atoms with Gasteiger partial charge in [-0.25, -0.2) is 0 Å². The smallest absolute Gasteiger partial charge is 0.189 e. The van der Waals surface area contributed by atoms with E-state index in [2.05, 4.69) is 4.90 Å². The van der Waals surface area contributed by atoms with Crippen LogP contribution in [0, 0.1) is 0 Å². The van der Waals surface area contributed by atoms with Crippen LogP contribution in [0.1, 0.15) is 40.7 Å². The minimum atomic E-state index is 0. The predicted octanol–water partition coefficient (Wildman–Crippen LogP) is 4.80. The van der Waals surface area contributed by atoms with Gasteiger partial charge in [-0.05, 0) is 86.3 Å². The molecule has 5 heteroatoms. The summed E-state index contributed by atoms with van der Waals surface area (Å²) in [5.41, 5.74) is 3.76. The lowest BCUT2D eigenvalue weighted by molar-refractivity contribution is 0.102. The number of likely N-dealkylation sites (tertiary alicyclic amines) is 1. The average Bonchev–Trinajstić information content (AvgIpc) is 3.24. The summed E-state index contributed by atoms with van der Waals surface area (Å²) >= 11 is 0. The van der Waals surface area contributed by atoms with E-state index in [0.717, 1.165) is 59.8 Å². The van der Waals surface area contributed by atoms with E-state index in [1.807, 2.05) is 48.5 Å². The summed E-state index contributed by atoms with van der Waals surface area (Å²) in [5, 5.41) is 0. The Bertz CT molecular complexity index is 870. The van der Waals surface area contributed by atoms with Gasteiger partial charge in [0.1, 0.15) is 18.1 Å². The molecule has 4 nitrogen and oxygen atoms in total. The van der Waals surface area contributed by atoms with E-state index in [-0.39, 0.29) is 18.2 Å². The summed E-state index contributed by atoms with van der Waals surface area (Å²) in [4.78, 5) is 15.3. The van der Waals surface area contributed by atoms with Crippen molar-refractivity contribution in [1.82, 2.24) is 4.90 Å². The van der Waals surface area contributed by atoms with Crippen LogP contribution in [0.5, 0.6) is 11.5 Å². The Morgan fingerprint density at radius 3 is 2.45 bits per heavy atom. The SMILES string of the molecule is COc1ccc2c(c1)CC/C(=C\c1ccc(OCCN3CCCC3)cc1)C2=O.Cl. The van der Waals surface area contributed by atoms with Crippen LogP contribution in [0.15, 0.2) is 48.0 Å². The Balaban J connectivity index is 0.00000240. The largest absolute Gasteiger partial charge is 0.497 e. The highest BCUT2D eigenvalue weighted by atomic mass is 35.5. The number of carbonyl (C=O) groups is 1. The summed E-state index contributed by atoms with van der Waals surface area (Å²) in [5.74, 6) is 1.81. The van der Waals surface area contributed by atoms with Crippen LogP contribution in [-0.4, -0.2) is 44.0 Å². The van der Waals surface area contributed by atoms with Crippen molar-refractivity contribution >= 4 is 24.3 Å².